The summed E-state index contributed by atoms with van der Waals surface area (Å²) < 4.78 is 13.8. The highest BCUT2D eigenvalue weighted by Crippen LogP contribution is 2.27. The number of rotatable bonds is 4. The Balaban J connectivity index is 2.27. The van der Waals surface area contributed by atoms with Crippen LogP contribution in [0.15, 0.2) is 18.2 Å². The number of hydrogen-bond acceptors (Lipinski definition) is 2. The Labute approximate surface area is 119 Å². The maximum Gasteiger partial charge on any atom is 0.242 e. The molecule has 3 nitrogen and oxygen atoms in total. The van der Waals surface area contributed by atoms with Crippen molar-refractivity contribution in [3.63, 3.8) is 0 Å². The molecule has 1 fully saturated rings. The number of aryl methyl sites for hydroxylation is 1. The van der Waals surface area contributed by atoms with Gasteiger partial charge in [0.15, 0.2) is 0 Å². The van der Waals surface area contributed by atoms with Crippen molar-refractivity contribution in [2.24, 2.45) is 5.73 Å². The molecule has 1 aliphatic carbocycles. The standard InChI is InChI=1S/C16H23FN2O/c1-11-8-9-12(10-14(11)17)16(2,15(18)20)19-13-6-4-3-5-7-13/h8-10,13,19H,3-7H2,1-2H3,(H2,18,20). The summed E-state index contributed by atoms with van der Waals surface area (Å²) in [5, 5.41) is 3.35. The van der Waals surface area contributed by atoms with Crippen LogP contribution in [0.1, 0.15) is 50.2 Å². The Hall–Kier alpha value is -1.42. The molecule has 2 rings (SSSR count). The number of carbonyl (C=O) groups excluding carboxylic acids is 1. The van der Waals surface area contributed by atoms with E-state index in [0.29, 0.717) is 11.1 Å². The van der Waals surface area contributed by atoms with Crippen LogP contribution in [-0.4, -0.2) is 11.9 Å². The largest absolute Gasteiger partial charge is 0.368 e. The van der Waals surface area contributed by atoms with Gasteiger partial charge in [-0.25, -0.2) is 4.39 Å². The Morgan fingerprint density at radius 2 is 2.00 bits per heavy atom. The SMILES string of the molecule is Cc1ccc(C(C)(NC2CCCCC2)C(N)=O)cc1F. The van der Waals surface area contributed by atoms with Gasteiger partial charge in [0.05, 0.1) is 0 Å². The highest BCUT2D eigenvalue weighted by Gasteiger charge is 2.36. The number of amides is 1. The van der Waals surface area contributed by atoms with Crippen molar-refractivity contribution in [2.45, 2.75) is 57.5 Å². The van der Waals surface area contributed by atoms with E-state index in [4.69, 9.17) is 5.73 Å². The van der Waals surface area contributed by atoms with Crippen molar-refractivity contribution in [1.29, 1.82) is 0 Å². The van der Waals surface area contributed by atoms with Crippen molar-refractivity contribution in [2.75, 3.05) is 0 Å². The summed E-state index contributed by atoms with van der Waals surface area (Å²) in [6.07, 6.45) is 5.64. The van der Waals surface area contributed by atoms with Crippen LogP contribution in [0.4, 0.5) is 4.39 Å². The number of halogens is 1. The highest BCUT2D eigenvalue weighted by atomic mass is 19.1. The molecule has 1 atom stereocenters. The fourth-order valence-corrected chi connectivity index (χ4v) is 2.86. The van der Waals surface area contributed by atoms with Crippen LogP contribution in [0.25, 0.3) is 0 Å². The molecule has 1 amide bonds. The van der Waals surface area contributed by atoms with Gasteiger partial charge in [-0.2, -0.15) is 0 Å². The maximum absolute atomic E-state index is 13.8. The zero-order chi connectivity index (χ0) is 14.8. The molecule has 0 bridgehead atoms. The summed E-state index contributed by atoms with van der Waals surface area (Å²) in [6, 6.07) is 5.15. The van der Waals surface area contributed by atoms with E-state index in [0.717, 1.165) is 25.7 Å². The van der Waals surface area contributed by atoms with Crippen molar-refractivity contribution in [3.05, 3.63) is 35.1 Å². The lowest BCUT2D eigenvalue weighted by atomic mass is 9.86. The van der Waals surface area contributed by atoms with Crippen LogP contribution in [0.2, 0.25) is 0 Å². The van der Waals surface area contributed by atoms with E-state index < -0.39 is 11.4 Å². The number of nitrogens with one attached hydrogen (secondary N) is 1. The Bertz CT molecular complexity index is 497. The van der Waals surface area contributed by atoms with Gasteiger partial charge >= 0.3 is 0 Å². The van der Waals surface area contributed by atoms with Gasteiger partial charge in [-0.15, -0.1) is 0 Å². The van der Waals surface area contributed by atoms with Crippen LogP contribution >= 0.6 is 0 Å². The number of nitrogens with two attached hydrogens (primary N) is 1. The first-order valence-electron chi connectivity index (χ1n) is 7.27. The number of benzene rings is 1. The average Bonchev–Trinajstić information content (AvgIpc) is 2.42. The summed E-state index contributed by atoms with van der Waals surface area (Å²) in [5.74, 6) is -0.772. The van der Waals surface area contributed by atoms with Gasteiger partial charge in [-0.05, 0) is 43.9 Å². The van der Waals surface area contributed by atoms with E-state index >= 15 is 0 Å². The van der Waals surface area contributed by atoms with Crippen LogP contribution in [0.3, 0.4) is 0 Å². The van der Waals surface area contributed by atoms with Gasteiger partial charge in [-0.1, -0.05) is 31.4 Å². The van der Waals surface area contributed by atoms with E-state index in [9.17, 15) is 9.18 Å². The highest BCUT2D eigenvalue weighted by molar-refractivity contribution is 5.85. The topological polar surface area (TPSA) is 55.1 Å². The van der Waals surface area contributed by atoms with Crippen molar-refractivity contribution < 1.29 is 9.18 Å². The van der Waals surface area contributed by atoms with Crippen LogP contribution in [0.5, 0.6) is 0 Å². The number of primary amides is 1. The minimum atomic E-state index is -1.02. The summed E-state index contributed by atoms with van der Waals surface area (Å²) in [4.78, 5) is 11.9. The Morgan fingerprint density at radius 1 is 1.35 bits per heavy atom. The van der Waals surface area contributed by atoms with E-state index in [1.165, 1.54) is 12.5 Å². The van der Waals surface area contributed by atoms with E-state index in [1.54, 1.807) is 26.0 Å². The zero-order valence-corrected chi connectivity index (χ0v) is 12.2. The van der Waals surface area contributed by atoms with Crippen molar-refractivity contribution in [3.8, 4) is 0 Å². The monoisotopic (exact) mass is 278 g/mol. The molecule has 1 aromatic carbocycles. The summed E-state index contributed by atoms with van der Waals surface area (Å²) in [7, 11) is 0. The molecule has 1 saturated carbocycles. The third-order valence-electron chi connectivity index (χ3n) is 4.34. The molecule has 0 aliphatic heterocycles. The molecule has 0 aromatic heterocycles. The van der Waals surface area contributed by atoms with Crippen LogP contribution < -0.4 is 11.1 Å². The van der Waals surface area contributed by atoms with Crippen LogP contribution in [-0.2, 0) is 10.3 Å². The molecule has 20 heavy (non-hydrogen) atoms. The molecule has 1 unspecified atom stereocenters. The normalized spacial score (nSPS) is 19.6. The molecule has 0 spiro atoms. The summed E-state index contributed by atoms with van der Waals surface area (Å²) in [5.41, 5.74) is 5.73. The maximum atomic E-state index is 13.8. The molecule has 1 aromatic rings. The average molecular weight is 278 g/mol. The third kappa shape index (κ3) is 3.01. The molecular weight excluding hydrogens is 255 g/mol. The van der Waals surface area contributed by atoms with Gasteiger partial charge in [0.25, 0.3) is 0 Å². The molecule has 0 radical (unpaired) electrons. The number of hydrogen-bond donors (Lipinski definition) is 2. The molecule has 0 saturated heterocycles. The molecule has 4 heteroatoms. The van der Waals surface area contributed by atoms with Gasteiger partial charge in [-0.3, -0.25) is 10.1 Å². The lowest BCUT2D eigenvalue weighted by molar-refractivity contribution is -0.124. The Morgan fingerprint density at radius 3 is 2.55 bits per heavy atom. The summed E-state index contributed by atoms with van der Waals surface area (Å²) >= 11 is 0. The Kier molecular flexibility index (Phi) is 4.43. The van der Waals surface area contributed by atoms with Gasteiger partial charge in [0, 0.05) is 6.04 Å². The lowest BCUT2D eigenvalue weighted by Crippen LogP contribution is -2.54. The van der Waals surface area contributed by atoms with Gasteiger partial charge in [0.1, 0.15) is 11.4 Å². The lowest BCUT2D eigenvalue weighted by Gasteiger charge is -2.35. The first-order valence-corrected chi connectivity index (χ1v) is 7.27. The van der Waals surface area contributed by atoms with Gasteiger partial charge < -0.3 is 5.73 Å². The second-order valence-electron chi connectivity index (χ2n) is 5.93. The molecule has 3 N–H and O–H groups in total. The molecule has 0 heterocycles. The predicted molar refractivity (Wildman–Crippen MR) is 77.7 cm³/mol. The van der Waals surface area contributed by atoms with Crippen LogP contribution in [0, 0.1) is 12.7 Å². The minimum Gasteiger partial charge on any atom is -0.368 e. The quantitative estimate of drug-likeness (QED) is 0.889. The summed E-state index contributed by atoms with van der Waals surface area (Å²) in [6.45, 7) is 3.45. The fourth-order valence-electron chi connectivity index (χ4n) is 2.86. The first-order chi connectivity index (χ1) is 9.43. The fraction of sp³-hybridized carbons (Fsp3) is 0.562. The molecular formula is C16H23FN2O. The smallest absolute Gasteiger partial charge is 0.242 e. The van der Waals surface area contributed by atoms with E-state index in [1.807, 2.05) is 0 Å². The predicted octanol–water partition coefficient (Wildman–Crippen LogP) is 2.76. The second-order valence-corrected chi connectivity index (χ2v) is 5.93. The van der Waals surface area contributed by atoms with Gasteiger partial charge in [0.2, 0.25) is 5.91 Å². The van der Waals surface area contributed by atoms with Crippen molar-refractivity contribution in [1.82, 2.24) is 5.32 Å². The second kappa shape index (κ2) is 5.92. The van der Waals surface area contributed by atoms with E-state index in [2.05, 4.69) is 5.32 Å². The molecule has 1 aliphatic rings. The molecule has 110 valence electrons. The zero-order valence-electron chi connectivity index (χ0n) is 12.2. The minimum absolute atomic E-state index is 0.269. The first kappa shape index (κ1) is 15.0. The van der Waals surface area contributed by atoms with E-state index in [-0.39, 0.29) is 11.9 Å². The number of carbonyl (C=O) groups is 1. The third-order valence-corrected chi connectivity index (χ3v) is 4.34. The van der Waals surface area contributed by atoms with Crippen molar-refractivity contribution >= 4 is 5.91 Å².